The number of anilines is 1. The molecule has 0 atom stereocenters. The summed E-state index contributed by atoms with van der Waals surface area (Å²) in [5.74, 6) is 0. The maximum Gasteiger partial charge on any atom is 0.293 e. The van der Waals surface area contributed by atoms with E-state index >= 15 is 0 Å². The molecule has 0 bridgehead atoms. The average molecular weight is 208 g/mol. The van der Waals surface area contributed by atoms with Crippen LogP contribution < -0.4 is 5.32 Å². The lowest BCUT2D eigenvalue weighted by Crippen LogP contribution is -2.03. The molecular weight excluding hydrogens is 196 g/mol. The third kappa shape index (κ3) is 2.77. The van der Waals surface area contributed by atoms with Crippen LogP contribution in [0.4, 0.5) is 11.4 Å². The first kappa shape index (κ1) is 11.2. The van der Waals surface area contributed by atoms with Crippen LogP contribution in [-0.4, -0.2) is 17.8 Å². The highest BCUT2D eigenvalue weighted by Crippen LogP contribution is 2.24. The van der Waals surface area contributed by atoms with E-state index in [1.165, 1.54) is 6.07 Å². The van der Waals surface area contributed by atoms with Crippen molar-refractivity contribution in [2.45, 2.75) is 13.3 Å². The van der Waals surface area contributed by atoms with Gasteiger partial charge in [0.2, 0.25) is 0 Å². The summed E-state index contributed by atoms with van der Waals surface area (Å²) in [5, 5.41) is 13.6. The number of nitrogens with zero attached hydrogens (tertiary/aromatic N) is 1. The summed E-state index contributed by atoms with van der Waals surface area (Å²) in [6, 6.07) is 4.38. The number of aldehydes is 1. The molecule has 0 radical (unpaired) electrons. The summed E-state index contributed by atoms with van der Waals surface area (Å²) in [6.07, 6.45) is 1.48. The quantitative estimate of drug-likeness (QED) is 0.457. The minimum Gasteiger partial charge on any atom is -0.380 e. The molecule has 15 heavy (non-hydrogen) atoms. The fourth-order valence-corrected chi connectivity index (χ4v) is 1.18. The Morgan fingerprint density at radius 3 is 2.80 bits per heavy atom. The van der Waals surface area contributed by atoms with Crippen LogP contribution in [0, 0.1) is 10.1 Å². The van der Waals surface area contributed by atoms with Crippen molar-refractivity contribution in [2.75, 3.05) is 11.9 Å². The molecule has 5 heteroatoms. The predicted molar refractivity (Wildman–Crippen MR) is 57.3 cm³/mol. The van der Waals surface area contributed by atoms with Crippen molar-refractivity contribution >= 4 is 17.7 Å². The van der Waals surface area contributed by atoms with Crippen molar-refractivity contribution in [1.29, 1.82) is 0 Å². The second kappa shape index (κ2) is 5.09. The normalized spacial score (nSPS) is 9.67. The second-order valence-electron chi connectivity index (χ2n) is 3.08. The van der Waals surface area contributed by atoms with Gasteiger partial charge in [0.1, 0.15) is 12.0 Å². The van der Waals surface area contributed by atoms with Gasteiger partial charge in [-0.15, -0.1) is 0 Å². The summed E-state index contributed by atoms with van der Waals surface area (Å²) < 4.78 is 0. The maximum absolute atomic E-state index is 10.7. The number of carbonyl (C=O) groups is 1. The average Bonchev–Trinajstić information content (AvgIpc) is 2.26. The molecule has 0 amide bonds. The van der Waals surface area contributed by atoms with Gasteiger partial charge >= 0.3 is 0 Å². The second-order valence-corrected chi connectivity index (χ2v) is 3.08. The Morgan fingerprint density at radius 2 is 2.27 bits per heavy atom. The molecule has 0 spiro atoms. The van der Waals surface area contributed by atoms with Gasteiger partial charge in [0.15, 0.2) is 0 Å². The van der Waals surface area contributed by atoms with E-state index in [0.29, 0.717) is 24.1 Å². The van der Waals surface area contributed by atoms with Gasteiger partial charge < -0.3 is 5.32 Å². The largest absolute Gasteiger partial charge is 0.380 e. The van der Waals surface area contributed by atoms with Crippen molar-refractivity contribution in [3.8, 4) is 0 Å². The Labute approximate surface area is 87.3 Å². The lowest BCUT2D eigenvalue weighted by Gasteiger charge is -2.05. The van der Waals surface area contributed by atoms with E-state index in [4.69, 9.17) is 0 Å². The molecular formula is C10H12N2O3. The third-order valence-electron chi connectivity index (χ3n) is 1.92. The number of hydrogen-bond donors (Lipinski definition) is 1. The first-order valence-electron chi connectivity index (χ1n) is 4.66. The fourth-order valence-electron chi connectivity index (χ4n) is 1.18. The molecule has 0 saturated heterocycles. The van der Waals surface area contributed by atoms with Crippen molar-refractivity contribution in [3.63, 3.8) is 0 Å². The molecule has 1 N–H and O–H groups in total. The molecule has 0 heterocycles. The van der Waals surface area contributed by atoms with E-state index in [1.54, 1.807) is 12.1 Å². The van der Waals surface area contributed by atoms with Crippen LogP contribution in [0.3, 0.4) is 0 Å². The van der Waals surface area contributed by atoms with Crippen LogP contribution in [0.1, 0.15) is 23.7 Å². The van der Waals surface area contributed by atoms with Gasteiger partial charge in [-0.2, -0.15) is 0 Å². The number of rotatable bonds is 5. The van der Waals surface area contributed by atoms with Crippen LogP contribution >= 0.6 is 0 Å². The van der Waals surface area contributed by atoms with Crippen molar-refractivity contribution in [1.82, 2.24) is 0 Å². The van der Waals surface area contributed by atoms with Crippen molar-refractivity contribution in [2.24, 2.45) is 0 Å². The zero-order chi connectivity index (χ0) is 11.3. The summed E-state index contributed by atoms with van der Waals surface area (Å²) in [5.41, 5.74) is 0.698. The molecule has 0 saturated carbocycles. The molecule has 0 fully saturated rings. The highest BCUT2D eigenvalue weighted by molar-refractivity contribution is 5.79. The van der Waals surface area contributed by atoms with Crippen molar-refractivity contribution < 1.29 is 9.72 Å². The van der Waals surface area contributed by atoms with Crippen LogP contribution in [0.2, 0.25) is 0 Å². The number of carbonyl (C=O) groups excluding carboxylic acids is 1. The molecule has 0 aliphatic rings. The third-order valence-corrected chi connectivity index (χ3v) is 1.92. The number of nitrogens with one attached hydrogen (secondary N) is 1. The van der Waals surface area contributed by atoms with Gasteiger partial charge in [0.05, 0.1) is 4.92 Å². The summed E-state index contributed by atoms with van der Waals surface area (Å²) >= 11 is 0. The lowest BCUT2D eigenvalue weighted by atomic mass is 10.2. The predicted octanol–water partition coefficient (Wildman–Crippen LogP) is 2.23. The van der Waals surface area contributed by atoms with Crippen LogP contribution in [0.5, 0.6) is 0 Å². The fraction of sp³-hybridized carbons (Fsp3) is 0.300. The van der Waals surface area contributed by atoms with Gasteiger partial charge in [0.25, 0.3) is 5.69 Å². The van der Waals surface area contributed by atoms with E-state index in [0.717, 1.165) is 6.42 Å². The molecule has 0 aliphatic carbocycles. The zero-order valence-corrected chi connectivity index (χ0v) is 8.40. The number of nitro groups is 1. The van der Waals surface area contributed by atoms with Gasteiger partial charge in [0, 0.05) is 18.2 Å². The maximum atomic E-state index is 10.7. The highest BCUT2D eigenvalue weighted by atomic mass is 16.6. The Balaban J connectivity index is 3.03. The Bertz CT molecular complexity index is 377. The Morgan fingerprint density at radius 1 is 1.53 bits per heavy atom. The van der Waals surface area contributed by atoms with E-state index in [1.807, 2.05) is 6.92 Å². The molecule has 80 valence electrons. The summed E-state index contributed by atoms with van der Waals surface area (Å²) in [7, 11) is 0. The standard InChI is InChI=1S/C10H12N2O3/c1-2-5-11-9-4-3-8(7-13)6-10(9)12(14)15/h3-4,6-7,11H,2,5H2,1H3. The summed E-state index contributed by atoms with van der Waals surface area (Å²) in [6.45, 7) is 2.64. The van der Waals surface area contributed by atoms with Crippen LogP contribution in [-0.2, 0) is 0 Å². The highest BCUT2D eigenvalue weighted by Gasteiger charge is 2.13. The van der Waals surface area contributed by atoms with Crippen LogP contribution in [0.15, 0.2) is 18.2 Å². The van der Waals surface area contributed by atoms with Gasteiger partial charge in [-0.1, -0.05) is 6.92 Å². The van der Waals surface area contributed by atoms with Crippen molar-refractivity contribution in [3.05, 3.63) is 33.9 Å². The number of nitro benzene ring substituents is 1. The minimum absolute atomic E-state index is 0.0620. The molecule has 1 aromatic rings. The Kier molecular flexibility index (Phi) is 3.79. The minimum atomic E-state index is -0.495. The Hall–Kier alpha value is -1.91. The summed E-state index contributed by atoms with van der Waals surface area (Å²) in [4.78, 5) is 20.7. The van der Waals surface area contributed by atoms with Gasteiger partial charge in [-0.25, -0.2) is 0 Å². The smallest absolute Gasteiger partial charge is 0.293 e. The van der Waals surface area contributed by atoms with Gasteiger partial charge in [-0.3, -0.25) is 14.9 Å². The van der Waals surface area contributed by atoms with E-state index in [-0.39, 0.29) is 5.69 Å². The molecule has 0 unspecified atom stereocenters. The number of benzene rings is 1. The molecule has 0 aliphatic heterocycles. The molecule has 1 aromatic carbocycles. The van der Waals surface area contributed by atoms with E-state index in [9.17, 15) is 14.9 Å². The number of hydrogen-bond acceptors (Lipinski definition) is 4. The topological polar surface area (TPSA) is 72.2 Å². The molecule has 5 nitrogen and oxygen atoms in total. The monoisotopic (exact) mass is 208 g/mol. The van der Waals surface area contributed by atoms with Crippen LogP contribution in [0.25, 0.3) is 0 Å². The van der Waals surface area contributed by atoms with Gasteiger partial charge in [-0.05, 0) is 18.6 Å². The first-order chi connectivity index (χ1) is 7.19. The molecule has 0 aromatic heterocycles. The molecule has 1 rings (SSSR count). The first-order valence-corrected chi connectivity index (χ1v) is 4.66. The van der Waals surface area contributed by atoms with E-state index in [2.05, 4.69) is 5.32 Å². The zero-order valence-electron chi connectivity index (χ0n) is 8.40. The van der Waals surface area contributed by atoms with E-state index < -0.39 is 4.92 Å². The lowest BCUT2D eigenvalue weighted by molar-refractivity contribution is -0.384. The SMILES string of the molecule is CCCNc1ccc(C=O)cc1[N+](=O)[O-].